The van der Waals surface area contributed by atoms with Crippen molar-refractivity contribution in [3.63, 3.8) is 0 Å². The summed E-state index contributed by atoms with van der Waals surface area (Å²) in [7, 11) is 0. The van der Waals surface area contributed by atoms with Crippen molar-refractivity contribution in [1.29, 1.82) is 0 Å². The van der Waals surface area contributed by atoms with E-state index < -0.39 is 11.7 Å². The Morgan fingerprint density at radius 2 is 1.84 bits per heavy atom. The summed E-state index contributed by atoms with van der Waals surface area (Å²) in [6.45, 7) is 5.99. The average Bonchev–Trinajstić information content (AvgIpc) is 2.37. The number of aromatic nitrogens is 1. The number of piperazine rings is 1. The smallest absolute Gasteiger partial charge is 0.354 e. The van der Waals surface area contributed by atoms with Crippen LogP contribution in [0, 0.1) is 0 Å². The van der Waals surface area contributed by atoms with Gasteiger partial charge in [0, 0.05) is 26.2 Å². The number of hydrogen-bond acceptors (Lipinski definition) is 3. The molecule has 2 rings (SSSR count). The molecule has 0 unspecified atom stereocenters. The zero-order valence-electron chi connectivity index (χ0n) is 10.5. The molecule has 0 aromatic carbocycles. The Kier molecular flexibility index (Phi) is 4.20. The Labute approximate surface area is 115 Å². The summed E-state index contributed by atoms with van der Waals surface area (Å²) in [6, 6.07) is 1.92. The highest BCUT2D eigenvalue weighted by Gasteiger charge is 2.32. The van der Waals surface area contributed by atoms with Gasteiger partial charge in [-0.2, -0.15) is 13.2 Å². The topological polar surface area (TPSA) is 19.4 Å². The van der Waals surface area contributed by atoms with Crippen LogP contribution in [0.2, 0.25) is 5.15 Å². The third-order valence-electron chi connectivity index (χ3n) is 3.25. The Morgan fingerprint density at radius 3 is 2.37 bits per heavy atom. The first-order valence-electron chi connectivity index (χ1n) is 6.12. The van der Waals surface area contributed by atoms with E-state index in [1.807, 2.05) is 4.90 Å². The van der Waals surface area contributed by atoms with Gasteiger partial charge in [-0.1, -0.05) is 18.5 Å². The molecule has 0 amide bonds. The highest BCUT2D eigenvalue weighted by atomic mass is 35.5. The molecule has 1 saturated heterocycles. The number of likely N-dealkylation sites (N-methyl/N-ethyl adjacent to an activating group) is 1. The normalized spacial score (nSPS) is 17.8. The van der Waals surface area contributed by atoms with E-state index in [4.69, 9.17) is 11.6 Å². The molecule has 0 bridgehead atoms. The molecular weight excluding hydrogens is 279 g/mol. The van der Waals surface area contributed by atoms with Crippen LogP contribution < -0.4 is 4.90 Å². The number of halogens is 4. The van der Waals surface area contributed by atoms with Crippen LogP contribution in [0.4, 0.5) is 19.0 Å². The summed E-state index contributed by atoms with van der Waals surface area (Å²) in [5.74, 6) is 0.301. The van der Waals surface area contributed by atoms with E-state index in [0.717, 1.165) is 31.8 Å². The third kappa shape index (κ3) is 3.51. The van der Waals surface area contributed by atoms with Gasteiger partial charge in [0.05, 0.1) is 5.56 Å². The zero-order valence-corrected chi connectivity index (χ0v) is 11.3. The van der Waals surface area contributed by atoms with Crippen LogP contribution in [-0.4, -0.2) is 42.6 Å². The summed E-state index contributed by atoms with van der Waals surface area (Å²) in [5, 5.41) is -0.122. The van der Waals surface area contributed by atoms with Crippen molar-refractivity contribution in [1.82, 2.24) is 9.88 Å². The van der Waals surface area contributed by atoms with Crippen molar-refractivity contribution >= 4 is 17.4 Å². The van der Waals surface area contributed by atoms with Crippen LogP contribution in [0.3, 0.4) is 0 Å². The number of hydrogen-bond donors (Lipinski definition) is 0. The van der Waals surface area contributed by atoms with Crippen molar-refractivity contribution in [3.8, 4) is 0 Å². The molecule has 0 N–H and O–H groups in total. The van der Waals surface area contributed by atoms with Gasteiger partial charge in [-0.25, -0.2) is 4.98 Å². The van der Waals surface area contributed by atoms with E-state index in [9.17, 15) is 13.2 Å². The highest BCUT2D eigenvalue weighted by molar-refractivity contribution is 6.29. The second kappa shape index (κ2) is 5.54. The summed E-state index contributed by atoms with van der Waals surface area (Å²) in [5.41, 5.74) is -0.750. The van der Waals surface area contributed by atoms with Gasteiger partial charge in [0.1, 0.15) is 11.0 Å². The maximum Gasteiger partial charge on any atom is 0.416 e. The second-order valence-electron chi connectivity index (χ2n) is 4.46. The minimum Gasteiger partial charge on any atom is -0.354 e. The molecule has 1 aromatic rings. The van der Waals surface area contributed by atoms with E-state index >= 15 is 0 Å². The van der Waals surface area contributed by atoms with Gasteiger partial charge >= 0.3 is 6.18 Å². The van der Waals surface area contributed by atoms with Crippen molar-refractivity contribution in [3.05, 3.63) is 22.8 Å². The van der Waals surface area contributed by atoms with Gasteiger partial charge in [0.15, 0.2) is 0 Å². The van der Waals surface area contributed by atoms with Gasteiger partial charge in [0.2, 0.25) is 0 Å². The van der Waals surface area contributed by atoms with E-state index in [2.05, 4.69) is 16.8 Å². The molecule has 2 heterocycles. The molecule has 106 valence electrons. The highest BCUT2D eigenvalue weighted by Crippen LogP contribution is 2.32. The largest absolute Gasteiger partial charge is 0.416 e. The first kappa shape index (κ1) is 14.4. The van der Waals surface area contributed by atoms with Gasteiger partial charge in [-0.15, -0.1) is 0 Å². The van der Waals surface area contributed by atoms with Gasteiger partial charge < -0.3 is 9.80 Å². The van der Waals surface area contributed by atoms with Gasteiger partial charge in [-0.05, 0) is 18.7 Å². The maximum absolute atomic E-state index is 12.7. The van der Waals surface area contributed by atoms with Crippen molar-refractivity contribution in [2.24, 2.45) is 0 Å². The quantitative estimate of drug-likeness (QED) is 0.782. The molecule has 0 radical (unpaired) electrons. The molecule has 1 fully saturated rings. The summed E-state index contributed by atoms with van der Waals surface area (Å²) >= 11 is 5.68. The zero-order chi connectivity index (χ0) is 14.0. The first-order chi connectivity index (χ1) is 8.90. The van der Waals surface area contributed by atoms with Crippen molar-refractivity contribution in [2.45, 2.75) is 13.1 Å². The molecule has 1 aromatic heterocycles. The predicted octanol–water partition coefficient (Wildman–Crippen LogP) is 2.90. The van der Waals surface area contributed by atoms with E-state index in [1.165, 1.54) is 0 Å². The number of alkyl halides is 3. The Bertz CT molecular complexity index is 442. The van der Waals surface area contributed by atoms with Crippen LogP contribution in [0.5, 0.6) is 0 Å². The fourth-order valence-corrected chi connectivity index (χ4v) is 2.31. The predicted molar refractivity (Wildman–Crippen MR) is 68.6 cm³/mol. The SMILES string of the molecule is CCN1CCN(c2cc(C(F)(F)F)cc(Cl)n2)CC1. The fourth-order valence-electron chi connectivity index (χ4n) is 2.10. The minimum absolute atomic E-state index is 0.122. The lowest BCUT2D eigenvalue weighted by atomic mass is 10.2. The van der Waals surface area contributed by atoms with Gasteiger partial charge in [0.25, 0.3) is 0 Å². The van der Waals surface area contributed by atoms with Crippen LogP contribution in [0.1, 0.15) is 12.5 Å². The molecule has 0 aliphatic carbocycles. The lowest BCUT2D eigenvalue weighted by Gasteiger charge is -2.35. The second-order valence-corrected chi connectivity index (χ2v) is 4.84. The number of pyridine rings is 1. The van der Waals surface area contributed by atoms with Crippen LogP contribution in [0.15, 0.2) is 12.1 Å². The molecule has 0 atom stereocenters. The monoisotopic (exact) mass is 293 g/mol. The first-order valence-corrected chi connectivity index (χ1v) is 6.50. The van der Waals surface area contributed by atoms with Crippen molar-refractivity contribution in [2.75, 3.05) is 37.6 Å². The Morgan fingerprint density at radius 1 is 1.21 bits per heavy atom. The van der Waals surface area contributed by atoms with Gasteiger partial charge in [-0.3, -0.25) is 0 Å². The molecule has 7 heteroatoms. The lowest BCUT2D eigenvalue weighted by Crippen LogP contribution is -2.46. The molecule has 1 aliphatic rings. The summed E-state index contributed by atoms with van der Waals surface area (Å²) in [4.78, 5) is 8.08. The third-order valence-corrected chi connectivity index (χ3v) is 3.45. The summed E-state index contributed by atoms with van der Waals surface area (Å²) < 4.78 is 38.2. The van der Waals surface area contributed by atoms with Crippen LogP contribution in [0.25, 0.3) is 0 Å². The maximum atomic E-state index is 12.7. The Hall–Kier alpha value is -1.01. The number of nitrogens with zero attached hydrogens (tertiary/aromatic N) is 3. The van der Waals surface area contributed by atoms with E-state index in [1.54, 1.807) is 0 Å². The summed E-state index contributed by atoms with van der Waals surface area (Å²) in [6.07, 6.45) is -4.40. The number of anilines is 1. The lowest BCUT2D eigenvalue weighted by molar-refractivity contribution is -0.137. The molecular formula is C12H15ClF3N3. The van der Waals surface area contributed by atoms with E-state index in [-0.39, 0.29) is 5.15 Å². The molecule has 0 spiro atoms. The standard InChI is InChI=1S/C12H15ClF3N3/c1-2-18-3-5-19(6-4-18)11-8-9(12(14,15)16)7-10(13)17-11/h7-8H,2-6H2,1H3. The molecule has 0 saturated carbocycles. The Balaban J connectivity index is 2.19. The number of rotatable bonds is 2. The minimum atomic E-state index is -4.40. The van der Waals surface area contributed by atoms with Crippen LogP contribution >= 0.6 is 11.6 Å². The molecule has 1 aliphatic heterocycles. The van der Waals surface area contributed by atoms with Crippen LogP contribution in [-0.2, 0) is 6.18 Å². The van der Waals surface area contributed by atoms with E-state index in [0.29, 0.717) is 18.9 Å². The van der Waals surface area contributed by atoms with Crippen molar-refractivity contribution < 1.29 is 13.2 Å². The average molecular weight is 294 g/mol. The molecule has 19 heavy (non-hydrogen) atoms. The molecule has 3 nitrogen and oxygen atoms in total. The fraction of sp³-hybridized carbons (Fsp3) is 0.583.